The van der Waals surface area contributed by atoms with E-state index in [0.717, 1.165) is 18.4 Å². The first-order valence-corrected chi connectivity index (χ1v) is 5.21. The topological polar surface area (TPSA) is 61.8 Å². The molecule has 0 saturated heterocycles. The molecule has 0 aliphatic heterocycles. The van der Waals surface area contributed by atoms with Crippen molar-refractivity contribution in [1.29, 1.82) is 5.26 Å². The highest BCUT2D eigenvalue weighted by Crippen LogP contribution is 2.27. The zero-order valence-electron chi connectivity index (χ0n) is 8.88. The van der Waals surface area contributed by atoms with Crippen LogP contribution in [0.3, 0.4) is 0 Å². The van der Waals surface area contributed by atoms with Crippen molar-refractivity contribution in [3.63, 3.8) is 0 Å². The van der Waals surface area contributed by atoms with E-state index in [2.05, 4.69) is 23.6 Å². The molecule has 78 valence electrons. The van der Waals surface area contributed by atoms with Gasteiger partial charge in [0.05, 0.1) is 6.07 Å². The Labute approximate surface area is 89.9 Å². The number of nitrogens with zero attached hydrogens (tertiary/aromatic N) is 1. The van der Waals surface area contributed by atoms with Gasteiger partial charge < -0.3 is 0 Å². The van der Waals surface area contributed by atoms with E-state index in [1.807, 2.05) is 6.07 Å². The van der Waals surface area contributed by atoms with Crippen molar-refractivity contribution in [3.05, 3.63) is 34.9 Å². The molecule has 1 aromatic rings. The third kappa shape index (κ3) is 1.63. The molecule has 15 heavy (non-hydrogen) atoms. The van der Waals surface area contributed by atoms with Gasteiger partial charge in [-0.25, -0.2) is 5.43 Å². The summed E-state index contributed by atoms with van der Waals surface area (Å²) in [6.45, 7) is 1.80. The molecule has 0 amide bonds. The SMILES string of the molecule is CC(C#N)(NN)c1ccc2c(c1)CCC2. The molecular weight excluding hydrogens is 186 g/mol. The first-order valence-electron chi connectivity index (χ1n) is 5.21. The quantitative estimate of drug-likeness (QED) is 0.561. The Kier molecular flexibility index (Phi) is 2.47. The third-order valence-corrected chi connectivity index (χ3v) is 3.19. The zero-order chi connectivity index (χ0) is 10.9. The van der Waals surface area contributed by atoms with Crippen molar-refractivity contribution in [2.45, 2.75) is 31.7 Å². The summed E-state index contributed by atoms with van der Waals surface area (Å²) in [5, 5.41) is 9.09. The van der Waals surface area contributed by atoms with Gasteiger partial charge in [-0.1, -0.05) is 18.2 Å². The van der Waals surface area contributed by atoms with Gasteiger partial charge in [0.1, 0.15) is 5.54 Å². The fourth-order valence-electron chi connectivity index (χ4n) is 2.06. The molecule has 0 radical (unpaired) electrons. The molecule has 0 bridgehead atoms. The molecule has 3 nitrogen and oxygen atoms in total. The summed E-state index contributed by atoms with van der Waals surface area (Å²) >= 11 is 0. The van der Waals surface area contributed by atoms with E-state index in [4.69, 9.17) is 11.1 Å². The summed E-state index contributed by atoms with van der Waals surface area (Å²) in [7, 11) is 0. The minimum absolute atomic E-state index is 0.780. The molecule has 0 saturated carbocycles. The fraction of sp³-hybridized carbons (Fsp3) is 0.417. The van der Waals surface area contributed by atoms with Crippen molar-refractivity contribution in [2.75, 3.05) is 0 Å². The van der Waals surface area contributed by atoms with E-state index < -0.39 is 5.54 Å². The molecule has 1 aliphatic carbocycles. The van der Waals surface area contributed by atoms with Crippen LogP contribution in [0.15, 0.2) is 18.2 Å². The Morgan fingerprint density at radius 2 is 2.13 bits per heavy atom. The summed E-state index contributed by atoms with van der Waals surface area (Å²) in [4.78, 5) is 0. The largest absolute Gasteiger partial charge is 0.270 e. The van der Waals surface area contributed by atoms with Crippen LogP contribution in [0.5, 0.6) is 0 Å². The maximum atomic E-state index is 9.09. The van der Waals surface area contributed by atoms with Crippen molar-refractivity contribution in [1.82, 2.24) is 5.43 Å². The number of rotatable bonds is 2. The van der Waals surface area contributed by atoms with E-state index in [-0.39, 0.29) is 0 Å². The molecular formula is C12H15N3. The van der Waals surface area contributed by atoms with Crippen molar-refractivity contribution in [2.24, 2.45) is 5.84 Å². The Morgan fingerprint density at radius 3 is 2.80 bits per heavy atom. The second-order valence-corrected chi connectivity index (χ2v) is 4.22. The number of aryl methyl sites for hydroxylation is 2. The highest BCUT2D eigenvalue weighted by atomic mass is 15.3. The Bertz CT molecular complexity index is 419. The standard InChI is InChI=1S/C12H15N3/c1-12(8-13,15-14)11-6-5-9-3-2-4-10(9)7-11/h5-7,15H,2-4,14H2,1H3. The van der Waals surface area contributed by atoms with Gasteiger partial charge in [0.25, 0.3) is 0 Å². The lowest BCUT2D eigenvalue weighted by atomic mass is 9.92. The molecule has 3 N–H and O–H groups in total. The molecule has 0 spiro atoms. The van der Waals surface area contributed by atoms with Crippen molar-refractivity contribution >= 4 is 0 Å². The van der Waals surface area contributed by atoms with Crippen LogP contribution in [0.2, 0.25) is 0 Å². The first-order chi connectivity index (χ1) is 7.19. The third-order valence-electron chi connectivity index (χ3n) is 3.19. The molecule has 2 rings (SSSR count). The van der Waals surface area contributed by atoms with Gasteiger partial charge in [0.2, 0.25) is 0 Å². The minimum Gasteiger partial charge on any atom is -0.270 e. The average molecular weight is 201 g/mol. The second kappa shape index (κ2) is 3.65. The van der Waals surface area contributed by atoms with Crippen LogP contribution in [-0.2, 0) is 18.4 Å². The maximum Gasteiger partial charge on any atom is 0.141 e. The number of fused-ring (bicyclic) bond motifs is 1. The number of nitrogens with two attached hydrogens (primary N) is 1. The summed E-state index contributed by atoms with van der Waals surface area (Å²) < 4.78 is 0. The van der Waals surface area contributed by atoms with E-state index in [0.29, 0.717) is 0 Å². The summed E-state index contributed by atoms with van der Waals surface area (Å²) in [6, 6.07) is 8.41. The summed E-state index contributed by atoms with van der Waals surface area (Å²) in [5.41, 5.74) is 5.52. The number of hydrogen-bond donors (Lipinski definition) is 2. The van der Waals surface area contributed by atoms with Crippen LogP contribution < -0.4 is 11.3 Å². The van der Waals surface area contributed by atoms with Crippen molar-refractivity contribution in [3.8, 4) is 6.07 Å². The monoisotopic (exact) mass is 201 g/mol. The van der Waals surface area contributed by atoms with Crippen LogP contribution in [0.4, 0.5) is 0 Å². The highest BCUT2D eigenvalue weighted by Gasteiger charge is 2.25. The van der Waals surface area contributed by atoms with Gasteiger partial charge in [-0.2, -0.15) is 5.26 Å². The van der Waals surface area contributed by atoms with E-state index in [1.54, 1.807) is 6.92 Å². The van der Waals surface area contributed by atoms with E-state index >= 15 is 0 Å². The average Bonchev–Trinajstić information content (AvgIpc) is 2.74. The molecule has 0 heterocycles. The second-order valence-electron chi connectivity index (χ2n) is 4.22. The number of nitrogens with one attached hydrogen (secondary N) is 1. The lowest BCUT2D eigenvalue weighted by Gasteiger charge is -2.21. The van der Waals surface area contributed by atoms with Gasteiger partial charge in [0, 0.05) is 0 Å². The molecule has 1 unspecified atom stereocenters. The molecule has 1 atom stereocenters. The van der Waals surface area contributed by atoms with Gasteiger partial charge in [-0.15, -0.1) is 0 Å². The Morgan fingerprint density at radius 1 is 1.40 bits per heavy atom. The van der Waals surface area contributed by atoms with Gasteiger partial charge in [-0.05, 0) is 42.9 Å². The zero-order valence-corrected chi connectivity index (χ0v) is 8.88. The normalized spacial score (nSPS) is 17.9. The Balaban J connectivity index is 2.43. The first kappa shape index (κ1) is 10.2. The van der Waals surface area contributed by atoms with Gasteiger partial charge in [-0.3, -0.25) is 5.84 Å². The predicted molar refractivity (Wildman–Crippen MR) is 58.8 cm³/mol. The van der Waals surface area contributed by atoms with E-state index in [1.165, 1.54) is 17.5 Å². The van der Waals surface area contributed by atoms with Gasteiger partial charge >= 0.3 is 0 Å². The minimum atomic E-state index is -0.780. The fourth-order valence-corrected chi connectivity index (χ4v) is 2.06. The van der Waals surface area contributed by atoms with Crippen molar-refractivity contribution < 1.29 is 0 Å². The number of nitriles is 1. The highest BCUT2D eigenvalue weighted by molar-refractivity contribution is 5.40. The summed E-state index contributed by atoms with van der Waals surface area (Å²) in [6.07, 6.45) is 3.50. The van der Waals surface area contributed by atoms with Gasteiger partial charge in [0.15, 0.2) is 0 Å². The lowest BCUT2D eigenvalue weighted by molar-refractivity contribution is 0.481. The molecule has 0 aromatic heterocycles. The molecule has 1 aromatic carbocycles. The molecule has 3 heteroatoms. The van der Waals surface area contributed by atoms with Crippen LogP contribution in [-0.4, -0.2) is 0 Å². The van der Waals surface area contributed by atoms with Crippen LogP contribution in [0, 0.1) is 11.3 Å². The summed E-state index contributed by atoms with van der Waals surface area (Å²) in [5.74, 6) is 5.42. The molecule has 1 aliphatic rings. The smallest absolute Gasteiger partial charge is 0.141 e. The number of hydrogen-bond acceptors (Lipinski definition) is 3. The maximum absolute atomic E-state index is 9.09. The van der Waals surface area contributed by atoms with Crippen LogP contribution in [0.1, 0.15) is 30.0 Å². The van der Waals surface area contributed by atoms with Crippen LogP contribution in [0.25, 0.3) is 0 Å². The van der Waals surface area contributed by atoms with E-state index in [9.17, 15) is 0 Å². The molecule has 0 fully saturated rings. The number of benzene rings is 1. The van der Waals surface area contributed by atoms with Crippen LogP contribution >= 0.6 is 0 Å². The lowest BCUT2D eigenvalue weighted by Crippen LogP contribution is -2.43. The number of hydrazine groups is 1. The predicted octanol–water partition coefficient (Wildman–Crippen LogP) is 1.38. The Hall–Kier alpha value is -1.37.